The van der Waals surface area contributed by atoms with Gasteiger partial charge in [-0.2, -0.15) is 0 Å². The highest BCUT2D eigenvalue weighted by molar-refractivity contribution is 7.11. The molecule has 212 valence electrons. The summed E-state index contributed by atoms with van der Waals surface area (Å²) < 4.78 is 0. The fraction of sp³-hybridized carbons (Fsp3) is 0.526. The molecular formula is C38H56Si. The minimum absolute atomic E-state index is 1.30. The van der Waals surface area contributed by atoms with Crippen molar-refractivity contribution in [2.45, 2.75) is 130 Å². The van der Waals surface area contributed by atoms with Gasteiger partial charge in [-0.1, -0.05) is 189 Å². The average molecular weight is 541 g/mol. The molecule has 3 aromatic rings. The third-order valence-corrected chi connectivity index (χ3v) is 14.2. The van der Waals surface area contributed by atoms with Gasteiger partial charge in [-0.05, 0) is 46.6 Å². The van der Waals surface area contributed by atoms with Crippen LogP contribution < -0.4 is 15.6 Å². The van der Waals surface area contributed by atoms with Crippen molar-refractivity contribution >= 4 is 23.6 Å². The predicted octanol–water partition coefficient (Wildman–Crippen LogP) is 10.0. The quantitative estimate of drug-likeness (QED) is 0.0759. The third kappa shape index (κ3) is 9.78. The zero-order valence-electron chi connectivity index (χ0n) is 25.5. The molecule has 0 amide bonds. The Morgan fingerprint density at radius 2 is 0.846 bits per heavy atom. The van der Waals surface area contributed by atoms with Gasteiger partial charge in [0.1, 0.15) is 8.07 Å². The van der Waals surface area contributed by atoms with Crippen molar-refractivity contribution in [2.24, 2.45) is 0 Å². The first-order valence-corrected chi connectivity index (χ1v) is 18.6. The monoisotopic (exact) mass is 540 g/mol. The second-order valence-electron chi connectivity index (χ2n) is 11.9. The van der Waals surface area contributed by atoms with E-state index in [0.717, 1.165) is 0 Å². The molecule has 0 saturated carbocycles. The summed E-state index contributed by atoms with van der Waals surface area (Å²) >= 11 is 0. The van der Waals surface area contributed by atoms with E-state index in [0.29, 0.717) is 0 Å². The first-order chi connectivity index (χ1) is 19.2. The molecule has 3 aromatic carbocycles. The molecule has 1 heteroatoms. The van der Waals surface area contributed by atoms with Crippen LogP contribution in [0.4, 0.5) is 0 Å². The van der Waals surface area contributed by atoms with Gasteiger partial charge in [-0.3, -0.25) is 0 Å². The SMILES string of the molecule is CCCCCCCCCCCCCCCCCC[Si](c1ccccc1)(c1ccccc1)c1cccc(C)c1C. The van der Waals surface area contributed by atoms with Crippen molar-refractivity contribution in [1.82, 2.24) is 0 Å². The van der Waals surface area contributed by atoms with Crippen molar-refractivity contribution < 1.29 is 0 Å². The molecule has 0 saturated heterocycles. The molecular weight excluding hydrogens is 485 g/mol. The number of benzene rings is 3. The molecule has 3 rings (SSSR count). The Bertz CT molecular complexity index is 984. The third-order valence-electron chi connectivity index (χ3n) is 9.00. The Labute approximate surface area is 242 Å². The van der Waals surface area contributed by atoms with Gasteiger partial charge in [-0.25, -0.2) is 0 Å². The Kier molecular flexibility index (Phi) is 14.7. The van der Waals surface area contributed by atoms with Crippen molar-refractivity contribution in [3.63, 3.8) is 0 Å². The fourth-order valence-corrected chi connectivity index (χ4v) is 11.8. The van der Waals surface area contributed by atoms with Crippen LogP contribution in [0.3, 0.4) is 0 Å². The van der Waals surface area contributed by atoms with Crippen LogP contribution in [0.2, 0.25) is 6.04 Å². The van der Waals surface area contributed by atoms with E-state index in [-0.39, 0.29) is 0 Å². The van der Waals surface area contributed by atoms with Crippen molar-refractivity contribution in [3.05, 3.63) is 90.0 Å². The van der Waals surface area contributed by atoms with Crippen LogP contribution in [0.5, 0.6) is 0 Å². The maximum atomic E-state index is 2.45. The number of hydrogen-bond acceptors (Lipinski definition) is 0. The maximum absolute atomic E-state index is 2.45. The maximum Gasteiger partial charge on any atom is 0.148 e. The first kappa shape index (κ1) is 31.4. The Balaban J connectivity index is 1.49. The second-order valence-corrected chi connectivity index (χ2v) is 15.9. The smallest absolute Gasteiger partial charge is 0.0654 e. The van der Waals surface area contributed by atoms with E-state index in [1.807, 2.05) is 0 Å². The van der Waals surface area contributed by atoms with E-state index in [1.54, 1.807) is 15.6 Å². The summed E-state index contributed by atoms with van der Waals surface area (Å²) in [7, 11) is -2.11. The number of hydrogen-bond donors (Lipinski definition) is 0. The summed E-state index contributed by atoms with van der Waals surface area (Å²) in [6.45, 7) is 6.94. The summed E-state index contributed by atoms with van der Waals surface area (Å²) in [5.74, 6) is 0. The van der Waals surface area contributed by atoms with Crippen LogP contribution in [0.1, 0.15) is 121 Å². The highest BCUT2D eigenvalue weighted by Gasteiger charge is 2.39. The van der Waals surface area contributed by atoms with E-state index in [9.17, 15) is 0 Å². The van der Waals surface area contributed by atoms with Crippen molar-refractivity contribution in [2.75, 3.05) is 0 Å². The normalized spacial score (nSPS) is 11.7. The van der Waals surface area contributed by atoms with Crippen LogP contribution in [0, 0.1) is 13.8 Å². The standard InChI is InChI=1S/C38H56Si/c1-4-5-6-7-8-9-10-11-12-13-14-15-16-17-18-25-33-39(36-28-21-19-22-29-36,37-30-23-20-24-31-37)38-32-26-27-34(2)35(38)3/h19-24,26-32H,4-18,25,33H2,1-3H3. The zero-order valence-corrected chi connectivity index (χ0v) is 26.5. The van der Waals surface area contributed by atoms with Crippen LogP contribution in [-0.2, 0) is 0 Å². The first-order valence-electron chi connectivity index (χ1n) is 16.4. The van der Waals surface area contributed by atoms with Crippen LogP contribution in [0.25, 0.3) is 0 Å². The summed E-state index contributed by atoms with van der Waals surface area (Å²) in [5, 5.41) is 4.73. The van der Waals surface area contributed by atoms with E-state index < -0.39 is 8.07 Å². The van der Waals surface area contributed by atoms with Gasteiger partial charge < -0.3 is 0 Å². The van der Waals surface area contributed by atoms with Gasteiger partial charge in [0.05, 0.1) is 0 Å². The van der Waals surface area contributed by atoms with Crippen molar-refractivity contribution in [1.29, 1.82) is 0 Å². The highest BCUT2D eigenvalue weighted by atomic mass is 28.3. The molecule has 0 radical (unpaired) electrons. The molecule has 0 spiro atoms. The van der Waals surface area contributed by atoms with Gasteiger partial charge >= 0.3 is 0 Å². The molecule has 0 N–H and O–H groups in total. The molecule has 0 nitrogen and oxygen atoms in total. The van der Waals surface area contributed by atoms with E-state index in [2.05, 4.69) is 99.6 Å². The fourth-order valence-electron chi connectivity index (χ4n) is 6.50. The zero-order chi connectivity index (χ0) is 27.6. The van der Waals surface area contributed by atoms with Crippen LogP contribution in [-0.4, -0.2) is 8.07 Å². The van der Waals surface area contributed by atoms with Crippen molar-refractivity contribution in [3.8, 4) is 0 Å². The Hall–Kier alpha value is -2.12. The van der Waals surface area contributed by atoms with Crippen LogP contribution in [0.15, 0.2) is 78.9 Å². The summed E-state index contributed by atoms with van der Waals surface area (Å²) in [6.07, 6.45) is 22.8. The lowest BCUT2D eigenvalue weighted by molar-refractivity contribution is 0.531. The molecule has 0 unspecified atom stereocenters. The average Bonchev–Trinajstić information content (AvgIpc) is 2.97. The Morgan fingerprint density at radius 1 is 0.436 bits per heavy atom. The topological polar surface area (TPSA) is 0 Å². The lowest BCUT2D eigenvalue weighted by Gasteiger charge is -2.35. The minimum atomic E-state index is -2.11. The summed E-state index contributed by atoms with van der Waals surface area (Å²) in [6, 6.07) is 31.3. The molecule has 0 aliphatic rings. The largest absolute Gasteiger partial charge is 0.148 e. The minimum Gasteiger partial charge on any atom is -0.0654 e. The molecule has 0 aromatic heterocycles. The van der Waals surface area contributed by atoms with Crippen LogP contribution >= 0.6 is 0 Å². The number of rotatable bonds is 20. The van der Waals surface area contributed by atoms with Gasteiger partial charge in [0.2, 0.25) is 0 Å². The summed E-state index contributed by atoms with van der Waals surface area (Å²) in [5.41, 5.74) is 2.91. The van der Waals surface area contributed by atoms with Gasteiger partial charge in [0, 0.05) is 0 Å². The van der Waals surface area contributed by atoms with Gasteiger partial charge in [0.25, 0.3) is 0 Å². The summed E-state index contributed by atoms with van der Waals surface area (Å²) in [4.78, 5) is 0. The lowest BCUT2D eigenvalue weighted by atomic mass is 10.0. The number of aryl methyl sites for hydroxylation is 1. The predicted molar refractivity (Wildman–Crippen MR) is 178 cm³/mol. The molecule has 0 heterocycles. The highest BCUT2D eigenvalue weighted by Crippen LogP contribution is 2.21. The van der Waals surface area contributed by atoms with E-state index in [4.69, 9.17) is 0 Å². The molecule has 0 bridgehead atoms. The van der Waals surface area contributed by atoms with Gasteiger partial charge in [0.15, 0.2) is 0 Å². The Morgan fingerprint density at radius 3 is 1.28 bits per heavy atom. The van der Waals surface area contributed by atoms with Gasteiger partial charge in [-0.15, -0.1) is 0 Å². The molecule has 0 fully saturated rings. The second kappa shape index (κ2) is 18.3. The van der Waals surface area contributed by atoms with E-state index >= 15 is 0 Å². The van der Waals surface area contributed by atoms with E-state index in [1.165, 1.54) is 120 Å². The molecule has 0 aliphatic carbocycles. The molecule has 39 heavy (non-hydrogen) atoms. The molecule has 0 aliphatic heterocycles. The lowest BCUT2D eigenvalue weighted by Crippen LogP contribution is -2.67. The number of unbranched alkanes of at least 4 members (excludes halogenated alkanes) is 15. The molecule has 0 atom stereocenters.